The van der Waals surface area contributed by atoms with Crippen LogP contribution in [0.4, 0.5) is 0 Å². The fourth-order valence-electron chi connectivity index (χ4n) is 1.67. The molecule has 1 saturated heterocycles. The number of rotatable bonds is 3. The third-order valence-corrected chi connectivity index (χ3v) is 2.41. The lowest BCUT2D eigenvalue weighted by Gasteiger charge is -2.24. The van der Waals surface area contributed by atoms with Crippen molar-refractivity contribution < 1.29 is 4.79 Å². The van der Waals surface area contributed by atoms with Gasteiger partial charge in [0.05, 0.1) is 5.54 Å². The van der Waals surface area contributed by atoms with Crippen molar-refractivity contribution in [3.8, 4) is 0 Å². The van der Waals surface area contributed by atoms with Gasteiger partial charge in [0.25, 0.3) is 0 Å². The van der Waals surface area contributed by atoms with Crippen molar-refractivity contribution in [2.45, 2.75) is 31.7 Å². The average molecular weight is 153 g/mol. The molecular formula is C9H15NO. The van der Waals surface area contributed by atoms with E-state index in [1.165, 1.54) is 0 Å². The van der Waals surface area contributed by atoms with E-state index >= 15 is 0 Å². The maximum Gasteiger partial charge on any atom is 0.150 e. The van der Waals surface area contributed by atoms with Crippen LogP contribution in [-0.4, -0.2) is 17.9 Å². The van der Waals surface area contributed by atoms with Crippen LogP contribution in [0.2, 0.25) is 0 Å². The summed E-state index contributed by atoms with van der Waals surface area (Å²) in [5.74, 6) is 0.245. The van der Waals surface area contributed by atoms with Crippen molar-refractivity contribution in [2.75, 3.05) is 6.54 Å². The van der Waals surface area contributed by atoms with Gasteiger partial charge in [-0.05, 0) is 32.7 Å². The highest BCUT2D eigenvalue weighted by Crippen LogP contribution is 2.24. The predicted molar refractivity (Wildman–Crippen MR) is 45.5 cm³/mol. The maximum atomic E-state index is 11.2. The number of nitrogens with one attached hydrogen (secondary N) is 1. The lowest BCUT2D eigenvalue weighted by atomic mass is 9.89. The van der Waals surface area contributed by atoms with E-state index in [1.54, 1.807) is 6.92 Å². The molecule has 1 heterocycles. The summed E-state index contributed by atoms with van der Waals surface area (Å²) in [6, 6.07) is 0. The van der Waals surface area contributed by atoms with Crippen LogP contribution in [0.5, 0.6) is 0 Å². The summed E-state index contributed by atoms with van der Waals surface area (Å²) < 4.78 is 0. The van der Waals surface area contributed by atoms with Gasteiger partial charge in [-0.3, -0.25) is 4.79 Å². The van der Waals surface area contributed by atoms with E-state index in [0.29, 0.717) is 0 Å². The molecule has 0 aromatic carbocycles. The highest BCUT2D eigenvalue weighted by molar-refractivity contribution is 5.86. The minimum Gasteiger partial charge on any atom is -0.305 e. The van der Waals surface area contributed by atoms with Gasteiger partial charge in [0.2, 0.25) is 0 Å². The minimum absolute atomic E-state index is 0.245. The summed E-state index contributed by atoms with van der Waals surface area (Å²) >= 11 is 0. The first-order chi connectivity index (χ1) is 5.21. The van der Waals surface area contributed by atoms with Gasteiger partial charge in [-0.2, -0.15) is 0 Å². The first-order valence-corrected chi connectivity index (χ1v) is 4.08. The molecule has 0 aliphatic carbocycles. The third kappa shape index (κ3) is 1.51. The largest absolute Gasteiger partial charge is 0.305 e. The monoisotopic (exact) mass is 153 g/mol. The second kappa shape index (κ2) is 3.18. The standard InChI is InChI=1S/C9H15NO/c1-3-5-9(8(2)11)6-4-7-10-9/h3,10H,1,4-7H2,2H3/t9-/m0/s1. The van der Waals surface area contributed by atoms with Gasteiger partial charge < -0.3 is 5.32 Å². The molecule has 1 fully saturated rings. The molecule has 1 atom stereocenters. The molecule has 2 heteroatoms. The van der Waals surface area contributed by atoms with E-state index < -0.39 is 0 Å². The first kappa shape index (κ1) is 8.47. The van der Waals surface area contributed by atoms with Gasteiger partial charge >= 0.3 is 0 Å². The molecule has 1 aliphatic heterocycles. The molecule has 0 aromatic heterocycles. The first-order valence-electron chi connectivity index (χ1n) is 4.08. The van der Waals surface area contributed by atoms with Gasteiger partial charge in [-0.1, -0.05) is 6.08 Å². The number of hydrogen-bond acceptors (Lipinski definition) is 2. The lowest BCUT2D eigenvalue weighted by Crippen LogP contribution is -2.45. The molecular weight excluding hydrogens is 138 g/mol. The molecule has 2 nitrogen and oxygen atoms in total. The quantitative estimate of drug-likeness (QED) is 0.619. The molecule has 0 saturated carbocycles. The van der Waals surface area contributed by atoms with Gasteiger partial charge in [0.1, 0.15) is 5.78 Å². The highest BCUT2D eigenvalue weighted by Gasteiger charge is 2.36. The molecule has 0 amide bonds. The Hall–Kier alpha value is -0.630. The molecule has 1 rings (SSSR count). The van der Waals surface area contributed by atoms with Crippen LogP contribution in [0.15, 0.2) is 12.7 Å². The Morgan fingerprint density at radius 3 is 2.91 bits per heavy atom. The molecule has 0 bridgehead atoms. The lowest BCUT2D eigenvalue weighted by molar-refractivity contribution is -0.122. The van der Waals surface area contributed by atoms with Crippen LogP contribution in [0.25, 0.3) is 0 Å². The van der Waals surface area contributed by atoms with E-state index in [4.69, 9.17) is 0 Å². The Morgan fingerprint density at radius 1 is 1.82 bits per heavy atom. The minimum atomic E-state index is -0.262. The molecule has 0 spiro atoms. The summed E-state index contributed by atoms with van der Waals surface area (Å²) in [5.41, 5.74) is -0.262. The summed E-state index contributed by atoms with van der Waals surface area (Å²) in [5, 5.41) is 3.25. The Morgan fingerprint density at radius 2 is 2.55 bits per heavy atom. The van der Waals surface area contributed by atoms with E-state index in [9.17, 15) is 4.79 Å². The third-order valence-electron chi connectivity index (χ3n) is 2.41. The average Bonchev–Trinajstić information content (AvgIpc) is 2.38. The van der Waals surface area contributed by atoms with Crippen molar-refractivity contribution in [1.29, 1.82) is 0 Å². The van der Waals surface area contributed by atoms with Crippen molar-refractivity contribution in [3.63, 3.8) is 0 Å². The zero-order valence-corrected chi connectivity index (χ0v) is 7.02. The van der Waals surface area contributed by atoms with Gasteiger partial charge in [0.15, 0.2) is 0 Å². The fourth-order valence-corrected chi connectivity index (χ4v) is 1.67. The summed E-state index contributed by atoms with van der Waals surface area (Å²) in [6.07, 6.45) is 4.66. The Labute approximate surface area is 67.7 Å². The smallest absolute Gasteiger partial charge is 0.150 e. The van der Waals surface area contributed by atoms with Crippen LogP contribution < -0.4 is 5.32 Å². The highest BCUT2D eigenvalue weighted by atomic mass is 16.1. The summed E-state index contributed by atoms with van der Waals surface area (Å²) in [7, 11) is 0. The van der Waals surface area contributed by atoms with E-state index in [0.717, 1.165) is 25.8 Å². The zero-order chi connectivity index (χ0) is 8.32. The molecule has 0 aromatic rings. The number of carbonyl (C=O) groups excluding carboxylic acids is 1. The van der Waals surface area contributed by atoms with Crippen LogP contribution in [0.3, 0.4) is 0 Å². The molecule has 1 aliphatic rings. The molecule has 0 unspecified atom stereocenters. The van der Waals surface area contributed by atoms with E-state index in [-0.39, 0.29) is 11.3 Å². The molecule has 11 heavy (non-hydrogen) atoms. The van der Waals surface area contributed by atoms with E-state index in [1.807, 2.05) is 6.08 Å². The number of Topliss-reactive ketones (excluding diaryl/α,β-unsaturated/α-hetero) is 1. The van der Waals surface area contributed by atoms with Gasteiger partial charge in [0, 0.05) is 0 Å². The Balaban J connectivity index is 2.69. The van der Waals surface area contributed by atoms with E-state index in [2.05, 4.69) is 11.9 Å². The second-order valence-electron chi connectivity index (χ2n) is 3.16. The fraction of sp³-hybridized carbons (Fsp3) is 0.667. The molecule has 1 N–H and O–H groups in total. The van der Waals surface area contributed by atoms with Crippen molar-refractivity contribution >= 4 is 5.78 Å². The van der Waals surface area contributed by atoms with Crippen LogP contribution in [0, 0.1) is 0 Å². The number of hydrogen-bond donors (Lipinski definition) is 1. The summed E-state index contributed by atoms with van der Waals surface area (Å²) in [6.45, 7) is 6.28. The summed E-state index contributed by atoms with van der Waals surface area (Å²) in [4.78, 5) is 11.2. The number of ketones is 1. The van der Waals surface area contributed by atoms with Crippen LogP contribution in [0.1, 0.15) is 26.2 Å². The Kier molecular flexibility index (Phi) is 2.45. The topological polar surface area (TPSA) is 29.1 Å². The molecule has 0 radical (unpaired) electrons. The number of carbonyl (C=O) groups is 1. The van der Waals surface area contributed by atoms with Gasteiger partial charge in [-0.15, -0.1) is 6.58 Å². The molecule has 62 valence electrons. The maximum absolute atomic E-state index is 11.2. The van der Waals surface area contributed by atoms with Crippen LogP contribution >= 0.6 is 0 Å². The van der Waals surface area contributed by atoms with Crippen molar-refractivity contribution in [1.82, 2.24) is 5.32 Å². The van der Waals surface area contributed by atoms with Crippen LogP contribution in [-0.2, 0) is 4.79 Å². The van der Waals surface area contributed by atoms with Crippen molar-refractivity contribution in [3.05, 3.63) is 12.7 Å². The second-order valence-corrected chi connectivity index (χ2v) is 3.16. The van der Waals surface area contributed by atoms with Crippen molar-refractivity contribution in [2.24, 2.45) is 0 Å². The van der Waals surface area contributed by atoms with Gasteiger partial charge in [-0.25, -0.2) is 0 Å². The zero-order valence-electron chi connectivity index (χ0n) is 7.02. The normalized spacial score (nSPS) is 30.3. The predicted octanol–water partition coefficient (Wildman–Crippen LogP) is 1.27. The SMILES string of the molecule is C=CC[C@@]1(C(C)=O)CCCN1. The Bertz CT molecular complexity index is 168.